The number of rotatable bonds is 7. The Morgan fingerprint density at radius 3 is 3.05 bits per heavy atom. The van der Waals surface area contributed by atoms with Gasteiger partial charge in [-0.3, -0.25) is 0 Å². The van der Waals surface area contributed by atoms with Crippen LogP contribution in [-0.2, 0) is 4.74 Å². The lowest BCUT2D eigenvalue weighted by molar-refractivity contribution is 0.163. The van der Waals surface area contributed by atoms with E-state index in [0.29, 0.717) is 0 Å². The Morgan fingerprint density at radius 1 is 1.42 bits per heavy atom. The molecule has 0 saturated carbocycles. The van der Waals surface area contributed by atoms with Crippen molar-refractivity contribution >= 4 is 42.6 Å². The minimum Gasteiger partial charge on any atom is -0.383 e. The summed E-state index contributed by atoms with van der Waals surface area (Å²) in [6, 6.07) is 6.15. The van der Waals surface area contributed by atoms with Crippen LogP contribution in [0.5, 0.6) is 0 Å². The molecule has 19 heavy (non-hydrogen) atoms. The average molecular weight is 344 g/mol. The second-order valence-corrected chi connectivity index (χ2v) is 6.30. The molecule has 0 aliphatic rings. The maximum absolute atomic E-state index is 5.05. The van der Waals surface area contributed by atoms with Crippen molar-refractivity contribution in [2.24, 2.45) is 0 Å². The van der Waals surface area contributed by atoms with Crippen molar-refractivity contribution in [3.63, 3.8) is 0 Å². The molecule has 1 aromatic heterocycles. The molecule has 1 heterocycles. The number of hydrogen-bond acceptors (Lipinski definition) is 5. The highest BCUT2D eigenvalue weighted by Gasteiger charge is 2.04. The van der Waals surface area contributed by atoms with Gasteiger partial charge in [-0.05, 0) is 25.2 Å². The van der Waals surface area contributed by atoms with Gasteiger partial charge in [0.2, 0.25) is 0 Å². The standard InChI is InChI=1S/C13H18BrN3OS/c1-17(7-8-18-2)6-5-15-13-16-11-4-3-10(14)9-12(11)19-13/h3-4,9H,5-8H2,1-2H3,(H,15,16). The third-order valence-corrected chi connectivity index (χ3v) is 4.27. The van der Waals surface area contributed by atoms with E-state index in [1.54, 1.807) is 18.4 Å². The third kappa shape index (κ3) is 4.42. The lowest BCUT2D eigenvalue weighted by Gasteiger charge is -2.15. The summed E-state index contributed by atoms with van der Waals surface area (Å²) in [6.07, 6.45) is 0. The van der Waals surface area contributed by atoms with Crippen molar-refractivity contribution in [3.05, 3.63) is 22.7 Å². The van der Waals surface area contributed by atoms with Gasteiger partial charge in [0.25, 0.3) is 0 Å². The largest absolute Gasteiger partial charge is 0.383 e. The van der Waals surface area contributed by atoms with Gasteiger partial charge in [0.15, 0.2) is 5.13 Å². The quantitative estimate of drug-likeness (QED) is 0.838. The number of likely N-dealkylation sites (N-methyl/N-ethyl adjacent to an activating group) is 1. The second kappa shape index (κ2) is 7.19. The number of methoxy groups -OCH3 is 1. The Bertz CT molecular complexity index is 532. The SMILES string of the molecule is COCCN(C)CCNc1nc2ccc(Br)cc2s1. The zero-order chi connectivity index (χ0) is 13.7. The van der Waals surface area contributed by atoms with Gasteiger partial charge in [-0.25, -0.2) is 4.98 Å². The van der Waals surface area contributed by atoms with Crippen LogP contribution in [0.25, 0.3) is 10.2 Å². The van der Waals surface area contributed by atoms with Crippen LogP contribution in [0, 0.1) is 0 Å². The third-order valence-electron chi connectivity index (χ3n) is 2.80. The number of nitrogens with zero attached hydrogens (tertiary/aromatic N) is 2. The van der Waals surface area contributed by atoms with Gasteiger partial charge in [0.1, 0.15) is 0 Å². The van der Waals surface area contributed by atoms with E-state index in [9.17, 15) is 0 Å². The van der Waals surface area contributed by atoms with Gasteiger partial charge in [-0.2, -0.15) is 0 Å². The molecule has 1 N–H and O–H groups in total. The highest BCUT2D eigenvalue weighted by Crippen LogP contribution is 2.28. The van der Waals surface area contributed by atoms with Crippen molar-refractivity contribution in [1.82, 2.24) is 9.88 Å². The van der Waals surface area contributed by atoms with E-state index in [4.69, 9.17) is 4.74 Å². The van der Waals surface area contributed by atoms with Gasteiger partial charge in [0, 0.05) is 31.2 Å². The van der Waals surface area contributed by atoms with Gasteiger partial charge < -0.3 is 15.0 Å². The summed E-state index contributed by atoms with van der Waals surface area (Å²) in [5, 5.41) is 4.35. The molecule has 0 saturated heterocycles. The molecular formula is C13H18BrN3OS. The van der Waals surface area contributed by atoms with E-state index in [-0.39, 0.29) is 0 Å². The van der Waals surface area contributed by atoms with Crippen LogP contribution in [0.4, 0.5) is 5.13 Å². The van der Waals surface area contributed by atoms with Crippen LogP contribution in [-0.4, -0.2) is 50.3 Å². The fourth-order valence-corrected chi connectivity index (χ4v) is 3.13. The zero-order valence-corrected chi connectivity index (χ0v) is 13.6. The highest BCUT2D eigenvalue weighted by molar-refractivity contribution is 9.10. The van der Waals surface area contributed by atoms with E-state index >= 15 is 0 Å². The number of benzene rings is 1. The van der Waals surface area contributed by atoms with Crippen molar-refractivity contribution in [3.8, 4) is 0 Å². The summed E-state index contributed by atoms with van der Waals surface area (Å²) < 4.78 is 7.34. The molecular weight excluding hydrogens is 326 g/mol. The van der Waals surface area contributed by atoms with Gasteiger partial charge in [-0.1, -0.05) is 27.3 Å². The van der Waals surface area contributed by atoms with E-state index in [2.05, 4.69) is 44.2 Å². The van der Waals surface area contributed by atoms with Crippen LogP contribution < -0.4 is 5.32 Å². The predicted octanol–water partition coefficient (Wildman–Crippen LogP) is 3.05. The molecule has 0 bridgehead atoms. The lowest BCUT2D eigenvalue weighted by Crippen LogP contribution is -2.28. The molecule has 104 valence electrons. The highest BCUT2D eigenvalue weighted by atomic mass is 79.9. The Balaban J connectivity index is 1.84. The topological polar surface area (TPSA) is 37.4 Å². The van der Waals surface area contributed by atoms with Crippen LogP contribution in [0.3, 0.4) is 0 Å². The fraction of sp³-hybridized carbons (Fsp3) is 0.462. The fourth-order valence-electron chi connectivity index (χ4n) is 1.69. The van der Waals surface area contributed by atoms with Gasteiger partial charge >= 0.3 is 0 Å². The molecule has 0 unspecified atom stereocenters. The van der Waals surface area contributed by atoms with E-state index < -0.39 is 0 Å². The molecule has 6 heteroatoms. The molecule has 0 aliphatic heterocycles. The first-order chi connectivity index (χ1) is 9.19. The van der Waals surface area contributed by atoms with Crippen LogP contribution in [0.2, 0.25) is 0 Å². The number of thiazole rings is 1. The number of halogens is 1. The number of fused-ring (bicyclic) bond motifs is 1. The molecule has 2 rings (SSSR count). The van der Waals surface area contributed by atoms with Crippen LogP contribution in [0.1, 0.15) is 0 Å². The molecule has 0 amide bonds. The summed E-state index contributed by atoms with van der Waals surface area (Å²) >= 11 is 5.16. The summed E-state index contributed by atoms with van der Waals surface area (Å²) in [5.41, 5.74) is 1.04. The maximum Gasteiger partial charge on any atom is 0.183 e. The van der Waals surface area contributed by atoms with Crippen molar-refractivity contribution in [1.29, 1.82) is 0 Å². The summed E-state index contributed by atoms with van der Waals surface area (Å²) in [6.45, 7) is 3.58. The maximum atomic E-state index is 5.05. The molecule has 0 atom stereocenters. The molecule has 0 radical (unpaired) electrons. The van der Waals surface area contributed by atoms with Crippen molar-refractivity contribution in [2.45, 2.75) is 0 Å². The van der Waals surface area contributed by atoms with E-state index in [0.717, 1.165) is 41.4 Å². The van der Waals surface area contributed by atoms with Gasteiger partial charge in [-0.15, -0.1) is 0 Å². The molecule has 0 spiro atoms. The summed E-state index contributed by atoms with van der Waals surface area (Å²) in [7, 11) is 3.82. The minimum atomic E-state index is 0.770. The summed E-state index contributed by atoms with van der Waals surface area (Å²) in [5.74, 6) is 0. The van der Waals surface area contributed by atoms with Crippen molar-refractivity contribution < 1.29 is 4.74 Å². The molecule has 2 aromatic rings. The number of ether oxygens (including phenoxy) is 1. The Hall–Kier alpha value is -0.690. The number of nitrogens with one attached hydrogen (secondary N) is 1. The van der Waals surface area contributed by atoms with E-state index in [1.165, 1.54) is 4.70 Å². The first-order valence-electron chi connectivity index (χ1n) is 6.16. The van der Waals surface area contributed by atoms with Crippen molar-refractivity contribution in [2.75, 3.05) is 45.7 Å². The molecule has 0 fully saturated rings. The van der Waals surface area contributed by atoms with Crippen LogP contribution >= 0.6 is 27.3 Å². The smallest absolute Gasteiger partial charge is 0.183 e. The number of hydrogen-bond donors (Lipinski definition) is 1. The summed E-state index contributed by atoms with van der Waals surface area (Å²) in [4.78, 5) is 6.79. The first kappa shape index (κ1) is 14.7. The Kier molecular flexibility index (Phi) is 5.57. The monoisotopic (exact) mass is 343 g/mol. The Morgan fingerprint density at radius 2 is 2.26 bits per heavy atom. The number of aromatic nitrogens is 1. The molecule has 1 aromatic carbocycles. The normalized spacial score (nSPS) is 11.4. The molecule has 0 aliphatic carbocycles. The second-order valence-electron chi connectivity index (χ2n) is 4.35. The Labute approximate surface area is 125 Å². The molecule has 4 nitrogen and oxygen atoms in total. The van der Waals surface area contributed by atoms with E-state index in [1.807, 2.05) is 12.1 Å². The average Bonchev–Trinajstić information content (AvgIpc) is 2.78. The lowest BCUT2D eigenvalue weighted by atomic mass is 10.3. The first-order valence-corrected chi connectivity index (χ1v) is 7.77. The van der Waals surface area contributed by atoms with Crippen LogP contribution in [0.15, 0.2) is 22.7 Å². The number of anilines is 1. The predicted molar refractivity (Wildman–Crippen MR) is 85.2 cm³/mol. The minimum absolute atomic E-state index is 0.770. The zero-order valence-electron chi connectivity index (χ0n) is 11.1. The van der Waals surface area contributed by atoms with Gasteiger partial charge in [0.05, 0.1) is 16.8 Å².